The maximum Gasteiger partial charge on any atom is 0.331 e. The van der Waals surface area contributed by atoms with E-state index in [1.165, 1.54) is 7.11 Å². The summed E-state index contributed by atoms with van der Waals surface area (Å²) in [5.74, 6) is -2.59. The molecule has 0 aliphatic rings. The van der Waals surface area contributed by atoms with Crippen LogP contribution >= 0.6 is 0 Å². The van der Waals surface area contributed by atoms with E-state index >= 15 is 0 Å². The number of esters is 3. The number of hydrogen-bond donors (Lipinski definition) is 1. The van der Waals surface area contributed by atoms with E-state index in [1.54, 1.807) is 0 Å². The van der Waals surface area contributed by atoms with Gasteiger partial charge in [-0.05, 0) is 0 Å². The predicted octanol–water partition coefficient (Wildman–Crippen LogP) is -1.06. The van der Waals surface area contributed by atoms with E-state index < -0.39 is 30.4 Å². The molecular formula is C11H15NO7. The lowest BCUT2D eigenvalue weighted by atomic mass is 10.4. The molecule has 19 heavy (non-hydrogen) atoms. The van der Waals surface area contributed by atoms with Gasteiger partial charge in [0, 0.05) is 18.7 Å². The van der Waals surface area contributed by atoms with Gasteiger partial charge >= 0.3 is 17.9 Å². The first-order valence-corrected chi connectivity index (χ1v) is 5.26. The lowest BCUT2D eigenvalue weighted by Crippen LogP contribution is -2.30. The molecular weight excluding hydrogens is 258 g/mol. The summed E-state index contributed by atoms with van der Waals surface area (Å²) in [4.78, 5) is 43.6. The number of amides is 1. The highest BCUT2D eigenvalue weighted by atomic mass is 16.5. The molecule has 8 heteroatoms. The van der Waals surface area contributed by atoms with Gasteiger partial charge in [0.25, 0.3) is 5.91 Å². The molecule has 0 aliphatic carbocycles. The quantitative estimate of drug-likeness (QED) is 0.357. The van der Waals surface area contributed by atoms with Crippen molar-refractivity contribution in [2.45, 2.75) is 6.42 Å². The third-order valence-corrected chi connectivity index (χ3v) is 1.78. The molecule has 1 amide bonds. The van der Waals surface area contributed by atoms with Crippen molar-refractivity contribution < 1.29 is 33.4 Å². The normalized spacial score (nSPS) is 9.79. The topological polar surface area (TPSA) is 108 Å². The number of carbonyl (C=O) groups is 4. The van der Waals surface area contributed by atoms with E-state index in [1.807, 2.05) is 0 Å². The highest BCUT2D eigenvalue weighted by Crippen LogP contribution is 1.85. The maximum atomic E-state index is 11.2. The van der Waals surface area contributed by atoms with Crippen LogP contribution in [0.4, 0.5) is 0 Å². The van der Waals surface area contributed by atoms with Crippen LogP contribution in [0.1, 0.15) is 6.42 Å². The van der Waals surface area contributed by atoms with Crippen molar-refractivity contribution in [3.63, 3.8) is 0 Å². The number of hydrogen-bond acceptors (Lipinski definition) is 7. The molecule has 8 nitrogen and oxygen atoms in total. The van der Waals surface area contributed by atoms with Gasteiger partial charge in [0.1, 0.15) is 0 Å². The summed E-state index contributed by atoms with van der Waals surface area (Å²) >= 11 is 0. The van der Waals surface area contributed by atoms with Crippen LogP contribution in [0, 0.1) is 0 Å². The van der Waals surface area contributed by atoms with Crippen molar-refractivity contribution in [1.29, 1.82) is 0 Å². The van der Waals surface area contributed by atoms with Crippen LogP contribution in [-0.4, -0.2) is 51.2 Å². The molecule has 106 valence electrons. The van der Waals surface area contributed by atoms with Gasteiger partial charge in [0.15, 0.2) is 6.61 Å². The number of ether oxygens (including phenoxy) is 3. The first kappa shape index (κ1) is 16.6. The minimum Gasteiger partial charge on any atom is -0.469 e. The Balaban J connectivity index is 3.78. The Hall–Kier alpha value is -2.38. The average Bonchev–Trinajstić information content (AvgIpc) is 2.41. The van der Waals surface area contributed by atoms with Crippen molar-refractivity contribution in [2.75, 3.05) is 27.4 Å². The molecule has 0 aromatic heterocycles. The van der Waals surface area contributed by atoms with Gasteiger partial charge in [0.2, 0.25) is 0 Å². The third kappa shape index (κ3) is 9.33. The summed E-state index contributed by atoms with van der Waals surface area (Å²) in [5, 5.41) is 2.35. The van der Waals surface area contributed by atoms with Crippen LogP contribution in [0.3, 0.4) is 0 Å². The molecule has 1 N–H and O–H groups in total. The Kier molecular flexibility index (Phi) is 8.42. The third-order valence-electron chi connectivity index (χ3n) is 1.78. The Morgan fingerprint density at radius 2 is 1.63 bits per heavy atom. The molecule has 0 rings (SSSR count). The summed E-state index contributed by atoms with van der Waals surface area (Å²) in [6.07, 6.45) is 1.74. The van der Waals surface area contributed by atoms with E-state index in [9.17, 15) is 19.2 Å². The highest BCUT2D eigenvalue weighted by molar-refractivity contribution is 5.92. The second-order valence-corrected chi connectivity index (χ2v) is 3.14. The molecule has 0 atom stereocenters. The average molecular weight is 273 g/mol. The first-order valence-electron chi connectivity index (χ1n) is 5.26. The number of carbonyl (C=O) groups excluding carboxylic acids is 4. The van der Waals surface area contributed by atoms with Gasteiger partial charge in [-0.3, -0.25) is 9.59 Å². The Morgan fingerprint density at radius 3 is 2.21 bits per heavy atom. The Bertz CT molecular complexity index is 375. The largest absolute Gasteiger partial charge is 0.469 e. The molecule has 0 bridgehead atoms. The zero-order chi connectivity index (χ0) is 14.7. The summed E-state index contributed by atoms with van der Waals surface area (Å²) in [7, 11) is 2.40. The maximum absolute atomic E-state index is 11.2. The van der Waals surface area contributed by atoms with Crippen LogP contribution in [0.25, 0.3) is 0 Å². The van der Waals surface area contributed by atoms with Crippen molar-refractivity contribution in [2.24, 2.45) is 0 Å². The summed E-state index contributed by atoms with van der Waals surface area (Å²) < 4.78 is 13.1. The second kappa shape index (κ2) is 9.63. The van der Waals surface area contributed by atoms with Crippen molar-refractivity contribution in [1.82, 2.24) is 5.32 Å². The first-order chi connectivity index (χ1) is 8.99. The summed E-state index contributed by atoms with van der Waals surface area (Å²) in [6.45, 7) is -0.424. The monoisotopic (exact) mass is 273 g/mol. The molecule has 0 unspecified atom stereocenters. The highest BCUT2D eigenvalue weighted by Gasteiger charge is 2.06. The van der Waals surface area contributed by atoms with Crippen LogP contribution in [-0.2, 0) is 33.4 Å². The SMILES string of the molecule is COC(=O)C=CC(=O)OCC(=O)NCCC(=O)OC. The van der Waals surface area contributed by atoms with Crippen molar-refractivity contribution in [3.8, 4) is 0 Å². The fraction of sp³-hybridized carbons (Fsp3) is 0.455. The zero-order valence-electron chi connectivity index (χ0n) is 10.6. The lowest BCUT2D eigenvalue weighted by molar-refractivity contribution is -0.144. The molecule has 0 saturated heterocycles. The van der Waals surface area contributed by atoms with E-state index in [4.69, 9.17) is 0 Å². The van der Waals surface area contributed by atoms with Crippen LogP contribution < -0.4 is 5.32 Å². The molecule has 0 aliphatic heterocycles. The Morgan fingerprint density at radius 1 is 1.00 bits per heavy atom. The van der Waals surface area contributed by atoms with Crippen LogP contribution in [0.2, 0.25) is 0 Å². The summed E-state index contributed by atoms with van der Waals surface area (Å²) in [6, 6.07) is 0. The van der Waals surface area contributed by atoms with Gasteiger partial charge in [-0.2, -0.15) is 0 Å². The minimum atomic E-state index is -0.853. The standard InChI is InChI=1S/C11H15NO7/c1-17-9(14)3-4-11(16)19-7-8(13)12-6-5-10(15)18-2/h3-4H,5-7H2,1-2H3,(H,12,13). The second-order valence-electron chi connectivity index (χ2n) is 3.14. The molecule has 0 radical (unpaired) electrons. The van der Waals surface area contributed by atoms with E-state index in [-0.39, 0.29) is 13.0 Å². The predicted molar refractivity (Wildman–Crippen MR) is 61.8 cm³/mol. The summed E-state index contributed by atoms with van der Waals surface area (Å²) in [5.41, 5.74) is 0. The van der Waals surface area contributed by atoms with Crippen molar-refractivity contribution in [3.05, 3.63) is 12.2 Å². The van der Waals surface area contributed by atoms with Gasteiger partial charge in [-0.1, -0.05) is 0 Å². The van der Waals surface area contributed by atoms with Gasteiger partial charge < -0.3 is 19.5 Å². The smallest absolute Gasteiger partial charge is 0.331 e. The molecule has 0 heterocycles. The van der Waals surface area contributed by atoms with Crippen molar-refractivity contribution >= 4 is 23.8 Å². The van der Waals surface area contributed by atoms with Gasteiger partial charge in [0.05, 0.1) is 20.6 Å². The lowest BCUT2D eigenvalue weighted by Gasteiger charge is -2.04. The fourth-order valence-electron chi connectivity index (χ4n) is 0.846. The van der Waals surface area contributed by atoms with E-state index in [0.29, 0.717) is 0 Å². The van der Waals surface area contributed by atoms with E-state index in [2.05, 4.69) is 19.5 Å². The molecule has 0 saturated carbocycles. The van der Waals surface area contributed by atoms with E-state index in [0.717, 1.165) is 19.3 Å². The van der Waals surface area contributed by atoms with Gasteiger partial charge in [-0.15, -0.1) is 0 Å². The Labute approximate surface area is 109 Å². The molecule has 0 aromatic rings. The van der Waals surface area contributed by atoms with Gasteiger partial charge in [-0.25, -0.2) is 9.59 Å². The fourth-order valence-corrected chi connectivity index (χ4v) is 0.846. The number of nitrogens with one attached hydrogen (secondary N) is 1. The zero-order valence-corrected chi connectivity index (χ0v) is 10.6. The van der Waals surface area contributed by atoms with Crippen LogP contribution in [0.5, 0.6) is 0 Å². The number of rotatable bonds is 7. The molecule has 0 fully saturated rings. The minimum absolute atomic E-state index is 0.0262. The number of methoxy groups -OCH3 is 2. The van der Waals surface area contributed by atoms with Crippen LogP contribution in [0.15, 0.2) is 12.2 Å². The molecule has 0 spiro atoms. The molecule has 0 aromatic carbocycles.